The van der Waals surface area contributed by atoms with E-state index in [1.54, 1.807) is 36.4 Å². The monoisotopic (exact) mass is 677 g/mol. The van der Waals surface area contributed by atoms with Gasteiger partial charge in [-0.15, -0.1) is 11.3 Å². The molecule has 2 amide bonds. The third-order valence-corrected chi connectivity index (χ3v) is 8.02. The van der Waals surface area contributed by atoms with Crippen molar-refractivity contribution in [2.45, 2.75) is 13.8 Å². The fourth-order valence-corrected chi connectivity index (χ4v) is 5.69. The Morgan fingerprint density at radius 2 is 1.64 bits per heavy atom. The number of anilines is 3. The minimum Gasteiger partial charge on any atom is -0.481 e. The van der Waals surface area contributed by atoms with Crippen LogP contribution in [0.5, 0.6) is 5.75 Å². The van der Waals surface area contributed by atoms with Gasteiger partial charge in [-0.2, -0.15) is 5.10 Å². The van der Waals surface area contributed by atoms with E-state index in [1.807, 2.05) is 61.7 Å². The second-order valence-electron chi connectivity index (χ2n) is 9.92. The number of hydrazone groups is 1. The second-order valence-corrected chi connectivity index (χ2v) is 12.0. The van der Waals surface area contributed by atoms with Crippen LogP contribution in [-0.2, 0) is 4.79 Å². The number of carbonyl (C=O) groups excluding carboxylic acids is 2. The van der Waals surface area contributed by atoms with E-state index >= 15 is 0 Å². The van der Waals surface area contributed by atoms with E-state index in [-0.39, 0.29) is 28.3 Å². The lowest BCUT2D eigenvalue weighted by atomic mass is 10.1. The van der Waals surface area contributed by atoms with Gasteiger partial charge in [-0.05, 0) is 79.6 Å². The highest BCUT2D eigenvalue weighted by Crippen LogP contribution is 2.34. The number of amides is 2. The van der Waals surface area contributed by atoms with E-state index < -0.39 is 5.91 Å². The summed E-state index contributed by atoms with van der Waals surface area (Å²) >= 11 is 20.2. The van der Waals surface area contributed by atoms with Crippen LogP contribution >= 0.6 is 46.1 Å². The summed E-state index contributed by atoms with van der Waals surface area (Å²) < 4.78 is 5.59. The number of hydrogen-bond donors (Lipinski definition) is 3. The summed E-state index contributed by atoms with van der Waals surface area (Å²) in [5.74, 6) is -0.575. The molecule has 0 aliphatic heterocycles. The molecule has 0 spiro atoms. The average Bonchev–Trinajstić information content (AvgIpc) is 3.48. The molecule has 4 aromatic carbocycles. The lowest BCUT2D eigenvalue weighted by Crippen LogP contribution is -2.21. The Morgan fingerprint density at radius 1 is 0.933 bits per heavy atom. The molecular weight excluding hydrogens is 653 g/mol. The Kier molecular flexibility index (Phi) is 10.4. The number of nitrogens with zero attached hydrogens (tertiary/aromatic N) is 2. The molecule has 1 heterocycles. The van der Waals surface area contributed by atoms with Crippen LogP contribution in [0.2, 0.25) is 15.1 Å². The van der Waals surface area contributed by atoms with E-state index in [9.17, 15) is 9.59 Å². The normalized spacial score (nSPS) is 11.0. The van der Waals surface area contributed by atoms with Crippen LogP contribution in [0, 0.1) is 13.8 Å². The van der Waals surface area contributed by atoms with Gasteiger partial charge < -0.3 is 15.4 Å². The maximum Gasteiger partial charge on any atom is 0.271 e. The molecule has 3 N–H and O–H groups in total. The summed E-state index contributed by atoms with van der Waals surface area (Å²) in [6.07, 6.45) is 1.41. The molecule has 0 fully saturated rings. The summed E-state index contributed by atoms with van der Waals surface area (Å²) in [6.45, 7) is 3.62. The molecule has 0 bridgehead atoms. The lowest BCUT2D eigenvalue weighted by molar-refractivity contribution is -0.118. The number of carbonyl (C=O) groups is 2. The molecule has 0 saturated heterocycles. The summed E-state index contributed by atoms with van der Waals surface area (Å²) in [4.78, 5) is 29.7. The standard InChI is InChI=1S/C33H26Cl3N5O3S/c1-19-3-12-28(20(2)13-19)39-30(42)17-44-31-26(35)14-21(15-27(31)36)16-37-41-32(43)23-6-4-22(5-7-23)29-18-45-33(40-29)38-25-10-8-24(34)9-11-25/h3-16,18H,17H2,1-2H3,(H,38,40)(H,39,42)(H,41,43)/b37-16-. The van der Waals surface area contributed by atoms with Gasteiger partial charge in [0.25, 0.3) is 11.8 Å². The molecule has 0 saturated carbocycles. The maximum absolute atomic E-state index is 12.7. The summed E-state index contributed by atoms with van der Waals surface area (Å²) in [7, 11) is 0. The van der Waals surface area contributed by atoms with Crippen molar-refractivity contribution in [2.24, 2.45) is 5.10 Å². The highest BCUT2D eigenvalue weighted by molar-refractivity contribution is 7.14. The first-order chi connectivity index (χ1) is 21.6. The first-order valence-corrected chi connectivity index (χ1v) is 15.6. The average molecular weight is 679 g/mol. The van der Waals surface area contributed by atoms with Gasteiger partial charge in [-0.3, -0.25) is 9.59 Å². The maximum atomic E-state index is 12.7. The molecule has 0 aliphatic carbocycles. The minimum absolute atomic E-state index is 0.170. The minimum atomic E-state index is -0.395. The zero-order chi connectivity index (χ0) is 31.9. The van der Waals surface area contributed by atoms with Gasteiger partial charge in [0.1, 0.15) is 0 Å². The van der Waals surface area contributed by atoms with Crippen molar-refractivity contribution in [3.63, 3.8) is 0 Å². The number of nitrogens with one attached hydrogen (secondary N) is 3. The van der Waals surface area contributed by atoms with Crippen LogP contribution in [-0.4, -0.2) is 29.6 Å². The Balaban J connectivity index is 1.13. The predicted octanol–water partition coefficient (Wildman–Crippen LogP) is 8.91. The van der Waals surface area contributed by atoms with Crippen molar-refractivity contribution >= 4 is 80.7 Å². The van der Waals surface area contributed by atoms with Crippen molar-refractivity contribution in [3.8, 4) is 17.0 Å². The van der Waals surface area contributed by atoms with Crippen molar-refractivity contribution in [2.75, 3.05) is 17.2 Å². The van der Waals surface area contributed by atoms with Crippen molar-refractivity contribution in [1.82, 2.24) is 10.4 Å². The SMILES string of the molecule is Cc1ccc(NC(=O)COc2c(Cl)cc(/C=N\NC(=O)c3ccc(-c4csc(Nc5ccc(Cl)cc5)n4)cc3)cc2Cl)c(C)c1. The van der Waals surface area contributed by atoms with Crippen LogP contribution in [0.15, 0.2) is 89.3 Å². The highest BCUT2D eigenvalue weighted by atomic mass is 35.5. The molecule has 45 heavy (non-hydrogen) atoms. The molecule has 0 radical (unpaired) electrons. The fraction of sp³-hybridized carbons (Fsp3) is 0.0909. The molecule has 1 aromatic heterocycles. The van der Waals surface area contributed by atoms with Crippen LogP contribution in [0.25, 0.3) is 11.3 Å². The molecular formula is C33H26Cl3N5O3S. The zero-order valence-corrected chi connectivity index (χ0v) is 27.1. The smallest absolute Gasteiger partial charge is 0.271 e. The van der Waals surface area contributed by atoms with Crippen LogP contribution in [0.1, 0.15) is 27.0 Å². The Hall–Kier alpha value is -4.41. The molecule has 0 atom stereocenters. The van der Waals surface area contributed by atoms with E-state index in [1.165, 1.54) is 17.6 Å². The molecule has 5 rings (SSSR count). The fourth-order valence-electron chi connectivity index (χ4n) is 4.21. The van der Waals surface area contributed by atoms with E-state index in [0.29, 0.717) is 21.8 Å². The number of benzene rings is 4. The molecule has 12 heteroatoms. The van der Waals surface area contributed by atoms with Crippen molar-refractivity contribution in [3.05, 3.63) is 122 Å². The molecule has 0 unspecified atom stereocenters. The molecule has 5 aromatic rings. The Labute approximate surface area is 279 Å². The van der Waals surface area contributed by atoms with Gasteiger partial charge in [-0.1, -0.05) is 64.6 Å². The number of ether oxygens (including phenoxy) is 1. The topological polar surface area (TPSA) is 105 Å². The number of hydrogen-bond acceptors (Lipinski definition) is 7. The Bertz CT molecular complexity index is 1850. The third-order valence-electron chi connectivity index (χ3n) is 6.45. The third kappa shape index (κ3) is 8.61. The summed E-state index contributed by atoms with van der Waals surface area (Å²) in [6, 6.07) is 23.3. The largest absolute Gasteiger partial charge is 0.481 e. The first kappa shape index (κ1) is 32.0. The molecule has 0 aliphatic rings. The number of aromatic nitrogens is 1. The number of thiazole rings is 1. The first-order valence-electron chi connectivity index (χ1n) is 13.6. The predicted molar refractivity (Wildman–Crippen MR) is 184 cm³/mol. The van der Waals surface area contributed by atoms with E-state index in [0.717, 1.165) is 33.2 Å². The van der Waals surface area contributed by atoms with Gasteiger partial charge in [0.05, 0.1) is 22.0 Å². The van der Waals surface area contributed by atoms with E-state index in [4.69, 9.17) is 39.5 Å². The second kappa shape index (κ2) is 14.6. The zero-order valence-electron chi connectivity index (χ0n) is 24.0. The van der Waals surface area contributed by atoms with Gasteiger partial charge in [0, 0.05) is 32.9 Å². The van der Waals surface area contributed by atoms with Gasteiger partial charge >= 0.3 is 0 Å². The summed E-state index contributed by atoms with van der Waals surface area (Å²) in [5.41, 5.74) is 8.72. The van der Waals surface area contributed by atoms with Crippen LogP contribution in [0.4, 0.5) is 16.5 Å². The number of rotatable bonds is 10. The highest BCUT2D eigenvalue weighted by Gasteiger charge is 2.13. The number of aryl methyl sites for hydroxylation is 2. The number of halogens is 3. The van der Waals surface area contributed by atoms with Crippen molar-refractivity contribution in [1.29, 1.82) is 0 Å². The van der Waals surface area contributed by atoms with E-state index in [2.05, 4.69) is 26.1 Å². The Morgan fingerprint density at radius 3 is 2.33 bits per heavy atom. The lowest BCUT2D eigenvalue weighted by Gasteiger charge is -2.12. The molecule has 228 valence electrons. The van der Waals surface area contributed by atoms with Crippen LogP contribution < -0.4 is 20.8 Å². The quantitative estimate of drug-likeness (QED) is 0.101. The van der Waals surface area contributed by atoms with Crippen LogP contribution in [0.3, 0.4) is 0 Å². The molecule has 8 nitrogen and oxygen atoms in total. The van der Waals surface area contributed by atoms with Crippen molar-refractivity contribution < 1.29 is 14.3 Å². The summed E-state index contributed by atoms with van der Waals surface area (Å²) in [5, 5.41) is 13.8. The van der Waals surface area contributed by atoms with Gasteiger partial charge in [-0.25, -0.2) is 10.4 Å². The van der Waals surface area contributed by atoms with Gasteiger partial charge in [0.2, 0.25) is 0 Å². The van der Waals surface area contributed by atoms with Gasteiger partial charge in [0.15, 0.2) is 17.5 Å².